The van der Waals surface area contributed by atoms with Crippen molar-refractivity contribution in [2.24, 2.45) is 5.92 Å². The third-order valence-electron chi connectivity index (χ3n) is 6.50. The Balaban J connectivity index is 1.23. The molecule has 0 aliphatic heterocycles. The molecule has 0 amide bonds. The number of aryl methyl sites for hydroxylation is 2. The van der Waals surface area contributed by atoms with Gasteiger partial charge in [0.1, 0.15) is 11.6 Å². The van der Waals surface area contributed by atoms with Gasteiger partial charge in [-0.05, 0) is 98.4 Å². The summed E-state index contributed by atoms with van der Waals surface area (Å²) in [6, 6.07) is 13.4. The summed E-state index contributed by atoms with van der Waals surface area (Å²) >= 11 is 0. The SMILES string of the molecule is Cc1ccc2[nH]c(CCC3CCC(c4ccnc5ccc(F)cc45)CC3)nc2c1. The van der Waals surface area contributed by atoms with E-state index in [-0.39, 0.29) is 5.82 Å². The maximum Gasteiger partial charge on any atom is 0.123 e. The molecule has 1 saturated carbocycles. The summed E-state index contributed by atoms with van der Waals surface area (Å²) in [5, 5.41) is 0.980. The Bertz CT molecular complexity index is 1160. The number of hydrogen-bond acceptors (Lipinski definition) is 2. The monoisotopic (exact) mass is 387 g/mol. The largest absolute Gasteiger partial charge is 0.342 e. The van der Waals surface area contributed by atoms with Crippen molar-refractivity contribution in [2.75, 3.05) is 0 Å². The van der Waals surface area contributed by atoms with E-state index in [0.717, 1.165) is 40.1 Å². The molecule has 29 heavy (non-hydrogen) atoms. The van der Waals surface area contributed by atoms with Crippen molar-refractivity contribution < 1.29 is 4.39 Å². The van der Waals surface area contributed by atoms with Gasteiger partial charge < -0.3 is 4.98 Å². The zero-order valence-corrected chi connectivity index (χ0v) is 16.8. The van der Waals surface area contributed by atoms with Crippen molar-refractivity contribution in [3.05, 3.63) is 71.4 Å². The molecular formula is C25H26FN3. The number of H-pyrrole nitrogens is 1. The van der Waals surface area contributed by atoms with Gasteiger partial charge in [0.2, 0.25) is 0 Å². The molecule has 0 saturated heterocycles. The van der Waals surface area contributed by atoms with E-state index < -0.39 is 0 Å². The van der Waals surface area contributed by atoms with Crippen LogP contribution in [0.25, 0.3) is 21.9 Å². The fraction of sp³-hybridized carbons (Fsp3) is 0.360. The molecule has 148 valence electrons. The van der Waals surface area contributed by atoms with Crippen LogP contribution in [0.5, 0.6) is 0 Å². The van der Waals surface area contributed by atoms with Crippen LogP contribution in [0.1, 0.15) is 55.0 Å². The Morgan fingerprint density at radius 1 is 1.00 bits per heavy atom. The first-order valence-corrected chi connectivity index (χ1v) is 10.6. The lowest BCUT2D eigenvalue weighted by Gasteiger charge is -2.29. The van der Waals surface area contributed by atoms with Gasteiger partial charge in [0.15, 0.2) is 0 Å². The quantitative estimate of drug-likeness (QED) is 0.436. The minimum Gasteiger partial charge on any atom is -0.342 e. The number of aromatic nitrogens is 3. The number of nitrogens with zero attached hydrogens (tertiary/aromatic N) is 2. The predicted molar refractivity (Wildman–Crippen MR) is 116 cm³/mol. The van der Waals surface area contributed by atoms with E-state index in [1.165, 1.54) is 49.3 Å². The summed E-state index contributed by atoms with van der Waals surface area (Å²) in [6.07, 6.45) is 8.83. The highest BCUT2D eigenvalue weighted by molar-refractivity contribution is 5.82. The summed E-state index contributed by atoms with van der Waals surface area (Å²) < 4.78 is 13.8. The van der Waals surface area contributed by atoms with Gasteiger partial charge in [0.25, 0.3) is 0 Å². The van der Waals surface area contributed by atoms with Crippen molar-refractivity contribution in [1.29, 1.82) is 0 Å². The first-order chi connectivity index (χ1) is 14.2. The number of hydrogen-bond donors (Lipinski definition) is 1. The second-order valence-electron chi connectivity index (χ2n) is 8.52. The summed E-state index contributed by atoms with van der Waals surface area (Å²) in [5.74, 6) is 2.17. The number of imidazole rings is 1. The average Bonchev–Trinajstić information content (AvgIpc) is 3.14. The molecule has 3 nitrogen and oxygen atoms in total. The molecule has 1 aliphatic carbocycles. The third kappa shape index (κ3) is 3.76. The zero-order chi connectivity index (χ0) is 19.8. The van der Waals surface area contributed by atoms with Crippen molar-refractivity contribution >= 4 is 21.9 Å². The van der Waals surface area contributed by atoms with Gasteiger partial charge in [-0.15, -0.1) is 0 Å². The van der Waals surface area contributed by atoms with Crippen molar-refractivity contribution in [1.82, 2.24) is 15.0 Å². The lowest BCUT2D eigenvalue weighted by Crippen LogP contribution is -2.14. The maximum atomic E-state index is 13.8. The topological polar surface area (TPSA) is 41.6 Å². The Morgan fingerprint density at radius 3 is 2.72 bits per heavy atom. The number of pyridine rings is 1. The molecular weight excluding hydrogens is 361 g/mol. The Morgan fingerprint density at radius 2 is 1.86 bits per heavy atom. The maximum absolute atomic E-state index is 13.8. The van der Waals surface area contributed by atoms with Gasteiger partial charge in [0, 0.05) is 18.0 Å². The number of aromatic amines is 1. The van der Waals surface area contributed by atoms with E-state index in [1.807, 2.05) is 6.20 Å². The lowest BCUT2D eigenvalue weighted by atomic mass is 9.76. The van der Waals surface area contributed by atoms with E-state index in [4.69, 9.17) is 4.98 Å². The highest BCUT2D eigenvalue weighted by Crippen LogP contribution is 2.39. The molecule has 4 heteroatoms. The van der Waals surface area contributed by atoms with E-state index in [9.17, 15) is 4.39 Å². The number of rotatable bonds is 4. The van der Waals surface area contributed by atoms with Crippen LogP contribution in [0.3, 0.4) is 0 Å². The predicted octanol–water partition coefficient (Wildman–Crippen LogP) is 6.47. The van der Waals surface area contributed by atoms with Crippen molar-refractivity contribution in [2.45, 2.75) is 51.4 Å². The van der Waals surface area contributed by atoms with E-state index >= 15 is 0 Å². The minimum atomic E-state index is -0.179. The van der Waals surface area contributed by atoms with Crippen molar-refractivity contribution in [3.63, 3.8) is 0 Å². The van der Waals surface area contributed by atoms with Crippen LogP contribution in [-0.4, -0.2) is 15.0 Å². The normalized spacial score (nSPS) is 19.8. The minimum absolute atomic E-state index is 0.179. The molecule has 0 spiro atoms. The molecule has 0 unspecified atom stereocenters. The third-order valence-corrected chi connectivity index (χ3v) is 6.50. The molecule has 1 aliphatic rings. The summed E-state index contributed by atoms with van der Waals surface area (Å²) in [6.45, 7) is 2.10. The Kier molecular flexibility index (Phi) is 4.78. The van der Waals surface area contributed by atoms with Crippen LogP contribution in [0.4, 0.5) is 4.39 Å². The average molecular weight is 388 g/mol. The van der Waals surface area contributed by atoms with Gasteiger partial charge in [0.05, 0.1) is 16.6 Å². The molecule has 1 fully saturated rings. The Labute approximate surface area is 170 Å². The van der Waals surface area contributed by atoms with Gasteiger partial charge >= 0.3 is 0 Å². The van der Waals surface area contributed by atoms with Gasteiger partial charge in [-0.25, -0.2) is 9.37 Å². The molecule has 0 bridgehead atoms. The van der Waals surface area contributed by atoms with Crippen LogP contribution >= 0.6 is 0 Å². The molecule has 0 radical (unpaired) electrons. The fourth-order valence-corrected chi connectivity index (χ4v) is 4.89. The van der Waals surface area contributed by atoms with Gasteiger partial charge in [-0.3, -0.25) is 4.98 Å². The highest BCUT2D eigenvalue weighted by Gasteiger charge is 2.24. The molecule has 1 N–H and O–H groups in total. The Hall–Kier alpha value is -2.75. The van der Waals surface area contributed by atoms with Crippen LogP contribution in [0.2, 0.25) is 0 Å². The van der Waals surface area contributed by atoms with Crippen LogP contribution in [0.15, 0.2) is 48.7 Å². The van der Waals surface area contributed by atoms with E-state index in [1.54, 1.807) is 12.1 Å². The number of halogens is 1. The summed E-state index contributed by atoms with van der Waals surface area (Å²) in [7, 11) is 0. The molecule has 2 aromatic heterocycles. The number of benzene rings is 2. The first kappa shape index (κ1) is 18.3. The lowest BCUT2D eigenvalue weighted by molar-refractivity contribution is 0.310. The number of fused-ring (bicyclic) bond motifs is 2. The fourth-order valence-electron chi connectivity index (χ4n) is 4.89. The second kappa shape index (κ2) is 7.58. The number of nitrogens with one attached hydrogen (secondary N) is 1. The standard InChI is InChI=1S/C25H26FN3/c1-16-2-9-23-24(14-16)29-25(28-23)11-5-17-3-6-18(7-4-17)20-12-13-27-22-10-8-19(26)15-21(20)22/h2,8-10,12-15,17-18H,3-7,11H2,1H3,(H,28,29). The molecule has 2 heterocycles. The highest BCUT2D eigenvalue weighted by atomic mass is 19.1. The zero-order valence-electron chi connectivity index (χ0n) is 16.8. The van der Waals surface area contributed by atoms with Gasteiger partial charge in [-0.2, -0.15) is 0 Å². The van der Waals surface area contributed by atoms with Crippen molar-refractivity contribution in [3.8, 4) is 0 Å². The van der Waals surface area contributed by atoms with Gasteiger partial charge in [-0.1, -0.05) is 6.07 Å². The summed E-state index contributed by atoms with van der Waals surface area (Å²) in [5.41, 5.74) is 5.61. The van der Waals surface area contributed by atoms with E-state index in [2.05, 4.69) is 41.2 Å². The first-order valence-electron chi connectivity index (χ1n) is 10.6. The van der Waals surface area contributed by atoms with Crippen LogP contribution < -0.4 is 0 Å². The molecule has 2 aromatic carbocycles. The van der Waals surface area contributed by atoms with Crippen LogP contribution in [0, 0.1) is 18.7 Å². The molecule has 5 rings (SSSR count). The summed E-state index contributed by atoms with van der Waals surface area (Å²) in [4.78, 5) is 12.6. The van der Waals surface area contributed by atoms with E-state index in [0.29, 0.717) is 5.92 Å². The smallest absolute Gasteiger partial charge is 0.123 e. The molecule has 4 aromatic rings. The van der Waals surface area contributed by atoms with Crippen LogP contribution in [-0.2, 0) is 6.42 Å². The molecule has 0 atom stereocenters. The second-order valence-corrected chi connectivity index (χ2v) is 8.52.